The number of halogens is 1. The molecule has 0 aliphatic carbocycles. The molecule has 0 radical (unpaired) electrons. The van der Waals surface area contributed by atoms with E-state index in [0.717, 1.165) is 5.56 Å². The molecule has 3 N–H and O–H groups in total. The Morgan fingerprint density at radius 2 is 1.87 bits per heavy atom. The molecule has 1 unspecified atom stereocenters. The first kappa shape index (κ1) is 19.8. The number of rotatable bonds is 5. The molecule has 0 saturated carbocycles. The Hall–Kier alpha value is -3.51. The zero-order valence-electron chi connectivity index (χ0n) is 16.3. The molecule has 1 aliphatic heterocycles. The summed E-state index contributed by atoms with van der Waals surface area (Å²) in [5.74, 6) is -0.173. The molecule has 1 aliphatic rings. The average molecular weight is 422 g/mol. The van der Waals surface area contributed by atoms with Gasteiger partial charge in [-0.3, -0.25) is 9.59 Å². The van der Waals surface area contributed by atoms with Crippen LogP contribution in [0.3, 0.4) is 0 Å². The molecule has 3 aromatic rings. The number of nitrogens with two attached hydrogens (primary N) is 1. The lowest BCUT2D eigenvalue weighted by Crippen LogP contribution is -2.38. The zero-order chi connectivity index (χ0) is 21.3. The number of ether oxygens (including phenoxy) is 1. The number of fused-ring (bicyclic) bond motifs is 1. The number of amides is 2. The van der Waals surface area contributed by atoms with Crippen molar-refractivity contribution in [1.82, 2.24) is 4.90 Å². The maximum absolute atomic E-state index is 13.5. The number of hydrogen-bond donors (Lipinski definition) is 2. The van der Waals surface area contributed by atoms with E-state index in [9.17, 15) is 9.59 Å². The molecule has 1 atom stereocenters. The van der Waals surface area contributed by atoms with Crippen LogP contribution in [0.1, 0.15) is 27.5 Å². The van der Waals surface area contributed by atoms with Crippen LogP contribution in [0.25, 0.3) is 0 Å². The van der Waals surface area contributed by atoms with E-state index in [1.165, 1.54) is 12.0 Å². The number of para-hydroxylation sites is 2. The summed E-state index contributed by atoms with van der Waals surface area (Å²) >= 11 is 6.23. The first-order valence-corrected chi connectivity index (χ1v) is 9.75. The second kappa shape index (κ2) is 8.08. The molecule has 6 nitrogen and oxygen atoms in total. The second-order valence-corrected chi connectivity index (χ2v) is 7.39. The van der Waals surface area contributed by atoms with Crippen molar-refractivity contribution in [1.29, 1.82) is 0 Å². The van der Waals surface area contributed by atoms with Crippen molar-refractivity contribution >= 4 is 34.8 Å². The average Bonchev–Trinajstić information content (AvgIpc) is 3.07. The molecule has 1 heterocycles. The molecule has 30 heavy (non-hydrogen) atoms. The number of anilines is 2. The molecule has 3 aromatic carbocycles. The van der Waals surface area contributed by atoms with Crippen LogP contribution in [0.4, 0.5) is 11.4 Å². The number of nitrogens with zero attached hydrogens (tertiary/aromatic N) is 1. The van der Waals surface area contributed by atoms with E-state index in [2.05, 4.69) is 5.32 Å². The molecule has 4 rings (SSSR count). The van der Waals surface area contributed by atoms with E-state index in [1.807, 2.05) is 12.1 Å². The summed E-state index contributed by atoms with van der Waals surface area (Å²) in [4.78, 5) is 28.2. The second-order valence-electron chi connectivity index (χ2n) is 6.96. The lowest BCUT2D eigenvalue weighted by molar-refractivity contribution is -0.120. The SMILES string of the molecule is COc1ccc(Cl)cc1C(C(=O)Nc1ccccc1N)N1Cc2ccccc2C1=O. The van der Waals surface area contributed by atoms with Crippen LogP contribution in [0.2, 0.25) is 5.02 Å². The van der Waals surface area contributed by atoms with Crippen molar-refractivity contribution in [2.75, 3.05) is 18.2 Å². The van der Waals surface area contributed by atoms with Crippen LogP contribution < -0.4 is 15.8 Å². The number of nitrogen functional groups attached to an aromatic ring is 1. The quantitative estimate of drug-likeness (QED) is 0.602. The van der Waals surface area contributed by atoms with Gasteiger partial charge in [0.15, 0.2) is 0 Å². The maximum atomic E-state index is 13.5. The van der Waals surface area contributed by atoms with Gasteiger partial charge in [0, 0.05) is 22.7 Å². The first-order chi connectivity index (χ1) is 14.5. The lowest BCUT2D eigenvalue weighted by atomic mass is 10.0. The van der Waals surface area contributed by atoms with Crippen LogP contribution in [0.5, 0.6) is 5.75 Å². The molecule has 0 saturated heterocycles. The first-order valence-electron chi connectivity index (χ1n) is 9.37. The lowest BCUT2D eigenvalue weighted by Gasteiger charge is -2.28. The van der Waals surface area contributed by atoms with Gasteiger partial charge in [0.1, 0.15) is 11.8 Å². The van der Waals surface area contributed by atoms with E-state index >= 15 is 0 Å². The zero-order valence-corrected chi connectivity index (χ0v) is 17.0. The maximum Gasteiger partial charge on any atom is 0.255 e. The van der Waals surface area contributed by atoms with Gasteiger partial charge in [-0.15, -0.1) is 0 Å². The van der Waals surface area contributed by atoms with Gasteiger partial charge in [-0.1, -0.05) is 41.9 Å². The van der Waals surface area contributed by atoms with Gasteiger partial charge in [-0.25, -0.2) is 0 Å². The summed E-state index contributed by atoms with van der Waals surface area (Å²) in [6, 6.07) is 18.3. The van der Waals surface area contributed by atoms with Crippen molar-refractivity contribution in [3.63, 3.8) is 0 Å². The fourth-order valence-electron chi connectivity index (χ4n) is 3.67. The molecule has 0 fully saturated rings. The van der Waals surface area contributed by atoms with Gasteiger partial charge >= 0.3 is 0 Å². The largest absolute Gasteiger partial charge is 0.496 e. The predicted molar refractivity (Wildman–Crippen MR) is 117 cm³/mol. The van der Waals surface area contributed by atoms with Crippen LogP contribution in [-0.2, 0) is 11.3 Å². The molecule has 7 heteroatoms. The van der Waals surface area contributed by atoms with Crippen molar-refractivity contribution in [2.24, 2.45) is 0 Å². The van der Waals surface area contributed by atoms with E-state index < -0.39 is 11.9 Å². The third-order valence-electron chi connectivity index (χ3n) is 5.11. The Morgan fingerprint density at radius 3 is 2.60 bits per heavy atom. The number of methoxy groups -OCH3 is 1. The summed E-state index contributed by atoms with van der Waals surface area (Å²) in [5, 5.41) is 3.28. The summed E-state index contributed by atoms with van der Waals surface area (Å²) < 4.78 is 5.48. The number of nitrogens with one attached hydrogen (secondary N) is 1. The highest BCUT2D eigenvalue weighted by atomic mass is 35.5. The smallest absolute Gasteiger partial charge is 0.255 e. The third-order valence-corrected chi connectivity index (χ3v) is 5.35. The van der Waals surface area contributed by atoms with E-state index in [1.54, 1.807) is 54.6 Å². The van der Waals surface area contributed by atoms with Gasteiger partial charge < -0.3 is 20.7 Å². The number of benzene rings is 3. The standard InChI is InChI=1S/C23H20ClN3O3/c1-30-20-11-10-15(24)12-17(20)21(22(28)26-19-9-5-4-8-18(19)25)27-13-14-6-2-3-7-16(14)23(27)29/h2-12,21H,13,25H2,1H3,(H,26,28). The van der Waals surface area contributed by atoms with Crippen LogP contribution in [0, 0.1) is 0 Å². The predicted octanol–water partition coefficient (Wildman–Crippen LogP) is 4.27. The van der Waals surface area contributed by atoms with Gasteiger partial charge in [0.25, 0.3) is 11.8 Å². The Balaban J connectivity index is 1.78. The fraction of sp³-hybridized carbons (Fsp3) is 0.130. The third kappa shape index (κ3) is 3.57. The van der Waals surface area contributed by atoms with Gasteiger partial charge in [0.2, 0.25) is 0 Å². The topological polar surface area (TPSA) is 84.7 Å². The Kier molecular flexibility index (Phi) is 5.33. The Bertz CT molecular complexity index is 1130. The van der Waals surface area contributed by atoms with Gasteiger partial charge in [-0.05, 0) is 42.0 Å². The van der Waals surface area contributed by atoms with Gasteiger partial charge in [-0.2, -0.15) is 0 Å². The Morgan fingerprint density at radius 1 is 1.13 bits per heavy atom. The van der Waals surface area contributed by atoms with E-state index in [4.69, 9.17) is 22.1 Å². The molecular weight excluding hydrogens is 402 g/mol. The minimum absolute atomic E-state index is 0.228. The number of carbonyl (C=O) groups is 2. The molecule has 0 bridgehead atoms. The van der Waals surface area contributed by atoms with Crippen LogP contribution >= 0.6 is 11.6 Å². The van der Waals surface area contributed by atoms with Gasteiger partial charge in [0.05, 0.1) is 18.5 Å². The highest BCUT2D eigenvalue weighted by molar-refractivity contribution is 6.30. The molecule has 0 aromatic heterocycles. The molecule has 0 spiro atoms. The van der Waals surface area contributed by atoms with Crippen LogP contribution in [-0.4, -0.2) is 23.8 Å². The van der Waals surface area contributed by atoms with Crippen molar-refractivity contribution in [3.05, 3.63) is 88.4 Å². The molecule has 152 valence electrons. The summed E-state index contributed by atoms with van der Waals surface area (Å²) in [6.45, 7) is 0.299. The Labute approximate surface area is 179 Å². The van der Waals surface area contributed by atoms with E-state index in [0.29, 0.717) is 39.8 Å². The summed E-state index contributed by atoms with van der Waals surface area (Å²) in [6.07, 6.45) is 0. The number of carbonyl (C=O) groups excluding carboxylic acids is 2. The monoisotopic (exact) mass is 421 g/mol. The summed E-state index contributed by atoms with van der Waals surface area (Å²) in [7, 11) is 1.51. The fourth-order valence-corrected chi connectivity index (χ4v) is 3.85. The highest BCUT2D eigenvalue weighted by Crippen LogP contribution is 2.37. The van der Waals surface area contributed by atoms with Crippen LogP contribution in [0.15, 0.2) is 66.7 Å². The minimum atomic E-state index is -0.960. The van der Waals surface area contributed by atoms with E-state index in [-0.39, 0.29) is 5.91 Å². The highest BCUT2D eigenvalue weighted by Gasteiger charge is 2.39. The molecule has 2 amide bonds. The van der Waals surface area contributed by atoms with Crippen molar-refractivity contribution in [2.45, 2.75) is 12.6 Å². The summed E-state index contributed by atoms with van der Waals surface area (Å²) in [5.41, 5.74) is 8.83. The van der Waals surface area contributed by atoms with Crippen molar-refractivity contribution < 1.29 is 14.3 Å². The molecular formula is C23H20ClN3O3. The van der Waals surface area contributed by atoms with Crippen molar-refractivity contribution in [3.8, 4) is 5.75 Å². The minimum Gasteiger partial charge on any atom is -0.496 e. The number of hydrogen-bond acceptors (Lipinski definition) is 4. The normalized spacial score (nSPS) is 13.7.